The number of thiazole rings is 1. The van der Waals surface area contributed by atoms with Crippen LogP contribution in [0.3, 0.4) is 0 Å². The number of benzene rings is 2. The number of nitrogens with one attached hydrogen (secondary N) is 1. The van der Waals surface area contributed by atoms with Gasteiger partial charge in [0, 0.05) is 29.1 Å². The van der Waals surface area contributed by atoms with Crippen LogP contribution < -0.4 is 5.32 Å². The van der Waals surface area contributed by atoms with E-state index in [2.05, 4.69) is 51.0 Å². The number of hydrogen-bond acceptors (Lipinski definition) is 5. The molecule has 0 unspecified atom stereocenters. The van der Waals surface area contributed by atoms with Crippen molar-refractivity contribution in [2.45, 2.75) is 13.5 Å². The summed E-state index contributed by atoms with van der Waals surface area (Å²) in [5, 5.41) is 6.85. The predicted octanol–water partition coefficient (Wildman–Crippen LogP) is 5.84. The van der Waals surface area contributed by atoms with E-state index < -0.39 is 0 Å². The van der Waals surface area contributed by atoms with Gasteiger partial charge in [-0.25, -0.2) is 15.0 Å². The number of halogens is 1. The molecule has 0 radical (unpaired) electrons. The van der Waals surface area contributed by atoms with Gasteiger partial charge >= 0.3 is 0 Å². The number of aryl methyl sites for hydroxylation is 1. The van der Waals surface area contributed by atoms with Gasteiger partial charge in [0.2, 0.25) is 0 Å². The maximum absolute atomic E-state index is 5.99. The number of aromatic nitrogens is 3. The Balaban J connectivity index is 1.52. The van der Waals surface area contributed by atoms with Crippen LogP contribution in [0.1, 0.15) is 11.4 Å². The van der Waals surface area contributed by atoms with Crippen LogP contribution in [0.2, 0.25) is 5.15 Å². The monoisotopic (exact) mass is 392 g/mol. The molecule has 4 rings (SSSR count). The normalized spacial score (nSPS) is 10.7. The van der Waals surface area contributed by atoms with Crippen molar-refractivity contribution in [3.8, 4) is 21.8 Å². The summed E-state index contributed by atoms with van der Waals surface area (Å²) in [7, 11) is 0. The summed E-state index contributed by atoms with van der Waals surface area (Å²) in [5.41, 5.74) is 4.40. The van der Waals surface area contributed by atoms with Crippen molar-refractivity contribution in [2.24, 2.45) is 0 Å². The Morgan fingerprint density at radius 3 is 2.56 bits per heavy atom. The largest absolute Gasteiger partial charge is 0.366 e. The number of rotatable bonds is 5. The fraction of sp³-hybridized carbons (Fsp3) is 0.0952. The zero-order valence-electron chi connectivity index (χ0n) is 14.7. The van der Waals surface area contributed by atoms with Gasteiger partial charge in [-0.15, -0.1) is 11.3 Å². The van der Waals surface area contributed by atoms with Gasteiger partial charge in [0.1, 0.15) is 21.8 Å². The second kappa shape index (κ2) is 7.86. The lowest BCUT2D eigenvalue weighted by Gasteiger charge is -2.08. The number of nitrogens with zero attached hydrogens (tertiary/aromatic N) is 3. The summed E-state index contributed by atoms with van der Waals surface area (Å²) >= 11 is 7.65. The first-order chi connectivity index (χ1) is 13.2. The lowest BCUT2D eigenvalue weighted by atomic mass is 10.1. The van der Waals surface area contributed by atoms with Gasteiger partial charge in [0.05, 0.1) is 5.69 Å². The molecule has 1 N–H and O–H groups in total. The summed E-state index contributed by atoms with van der Waals surface area (Å²) in [6.45, 7) is 2.47. The van der Waals surface area contributed by atoms with E-state index in [9.17, 15) is 0 Å². The first kappa shape index (κ1) is 17.6. The molecule has 0 bridgehead atoms. The van der Waals surface area contributed by atoms with Gasteiger partial charge in [0.15, 0.2) is 0 Å². The zero-order chi connectivity index (χ0) is 18.6. The van der Waals surface area contributed by atoms with Crippen molar-refractivity contribution in [1.29, 1.82) is 0 Å². The molecule has 27 heavy (non-hydrogen) atoms. The van der Waals surface area contributed by atoms with Crippen molar-refractivity contribution in [1.82, 2.24) is 15.0 Å². The van der Waals surface area contributed by atoms with E-state index in [1.165, 1.54) is 0 Å². The quantitative estimate of drug-likeness (QED) is 0.433. The SMILES string of the molecule is Cc1nc(Cl)cc(NCc2cccc(-c3nc(-c4ccccc4)cs3)c2)n1. The van der Waals surface area contributed by atoms with E-state index in [1.807, 2.05) is 31.2 Å². The van der Waals surface area contributed by atoms with Gasteiger partial charge < -0.3 is 5.32 Å². The Bertz CT molecular complexity index is 1040. The number of hydrogen-bond donors (Lipinski definition) is 1. The Labute approximate surface area is 166 Å². The molecule has 0 amide bonds. The first-order valence-electron chi connectivity index (χ1n) is 8.53. The third-order valence-corrected chi connectivity index (χ3v) is 5.11. The van der Waals surface area contributed by atoms with Crippen LogP contribution in [0.25, 0.3) is 21.8 Å². The predicted molar refractivity (Wildman–Crippen MR) is 112 cm³/mol. The minimum absolute atomic E-state index is 0.440. The third-order valence-electron chi connectivity index (χ3n) is 4.03. The second-order valence-electron chi connectivity index (χ2n) is 6.08. The van der Waals surface area contributed by atoms with Crippen molar-refractivity contribution in [3.05, 3.63) is 82.6 Å². The summed E-state index contributed by atoms with van der Waals surface area (Å²) in [6.07, 6.45) is 0. The topological polar surface area (TPSA) is 50.7 Å². The fourth-order valence-electron chi connectivity index (χ4n) is 2.78. The van der Waals surface area contributed by atoms with Crippen molar-refractivity contribution < 1.29 is 0 Å². The average molecular weight is 393 g/mol. The maximum Gasteiger partial charge on any atom is 0.134 e. The molecule has 0 aliphatic heterocycles. The molecule has 0 spiro atoms. The van der Waals surface area contributed by atoms with Crippen LogP contribution in [0.5, 0.6) is 0 Å². The highest BCUT2D eigenvalue weighted by Gasteiger charge is 2.07. The molecule has 2 aromatic heterocycles. The molecule has 2 aromatic carbocycles. The van der Waals surface area contributed by atoms with E-state index in [-0.39, 0.29) is 0 Å². The van der Waals surface area contributed by atoms with E-state index in [1.54, 1.807) is 17.4 Å². The fourth-order valence-corrected chi connectivity index (χ4v) is 3.83. The Kier molecular flexibility index (Phi) is 5.14. The average Bonchev–Trinajstić information content (AvgIpc) is 3.17. The van der Waals surface area contributed by atoms with Crippen LogP contribution in [0, 0.1) is 6.92 Å². The van der Waals surface area contributed by atoms with Crippen molar-refractivity contribution in [3.63, 3.8) is 0 Å². The van der Waals surface area contributed by atoms with Crippen LogP contribution in [-0.4, -0.2) is 15.0 Å². The standard InChI is InChI=1S/C21H17ClN4S/c1-14-24-19(22)11-20(25-14)23-12-15-6-5-9-17(10-15)21-26-18(13-27-21)16-7-3-2-4-8-16/h2-11,13H,12H2,1H3,(H,23,24,25). The highest BCUT2D eigenvalue weighted by atomic mass is 35.5. The first-order valence-corrected chi connectivity index (χ1v) is 9.78. The lowest BCUT2D eigenvalue weighted by Crippen LogP contribution is -2.03. The van der Waals surface area contributed by atoms with Gasteiger partial charge in [-0.05, 0) is 18.6 Å². The number of anilines is 1. The molecule has 4 nitrogen and oxygen atoms in total. The molecule has 134 valence electrons. The third kappa shape index (κ3) is 4.32. The summed E-state index contributed by atoms with van der Waals surface area (Å²) < 4.78 is 0. The van der Waals surface area contributed by atoms with Crippen molar-refractivity contribution >= 4 is 28.8 Å². The molecule has 4 aromatic rings. The van der Waals surface area contributed by atoms with Crippen LogP contribution in [0.4, 0.5) is 5.82 Å². The Hall–Kier alpha value is -2.76. The molecule has 2 heterocycles. The molecule has 0 atom stereocenters. The molecule has 6 heteroatoms. The smallest absolute Gasteiger partial charge is 0.134 e. The molecular weight excluding hydrogens is 376 g/mol. The molecule has 0 saturated carbocycles. The van der Waals surface area contributed by atoms with Gasteiger partial charge in [-0.3, -0.25) is 0 Å². The van der Waals surface area contributed by atoms with Crippen molar-refractivity contribution in [2.75, 3.05) is 5.32 Å². The highest BCUT2D eigenvalue weighted by molar-refractivity contribution is 7.13. The molecular formula is C21H17ClN4S. The summed E-state index contributed by atoms with van der Waals surface area (Å²) in [5.74, 6) is 1.37. The highest BCUT2D eigenvalue weighted by Crippen LogP contribution is 2.29. The Morgan fingerprint density at radius 1 is 0.926 bits per heavy atom. The van der Waals surface area contributed by atoms with Crippen LogP contribution in [-0.2, 0) is 6.54 Å². The van der Waals surface area contributed by atoms with Gasteiger partial charge in [-0.2, -0.15) is 0 Å². The van der Waals surface area contributed by atoms with Gasteiger partial charge in [0.25, 0.3) is 0 Å². The van der Waals surface area contributed by atoms with E-state index in [0.717, 1.165) is 33.2 Å². The lowest BCUT2D eigenvalue weighted by molar-refractivity contribution is 1.02. The minimum Gasteiger partial charge on any atom is -0.366 e. The van der Waals surface area contributed by atoms with Gasteiger partial charge in [-0.1, -0.05) is 60.1 Å². The van der Waals surface area contributed by atoms with E-state index >= 15 is 0 Å². The maximum atomic E-state index is 5.99. The Morgan fingerprint density at radius 2 is 1.74 bits per heavy atom. The molecule has 0 aliphatic carbocycles. The summed E-state index contributed by atoms with van der Waals surface area (Å²) in [4.78, 5) is 13.2. The second-order valence-corrected chi connectivity index (χ2v) is 7.33. The van der Waals surface area contributed by atoms with Crippen LogP contribution in [0.15, 0.2) is 66.0 Å². The summed E-state index contributed by atoms with van der Waals surface area (Å²) in [6, 6.07) is 20.3. The molecule has 0 saturated heterocycles. The van der Waals surface area contributed by atoms with Crippen LogP contribution >= 0.6 is 22.9 Å². The zero-order valence-corrected chi connectivity index (χ0v) is 16.3. The van der Waals surface area contributed by atoms with E-state index in [0.29, 0.717) is 17.5 Å². The molecule has 0 fully saturated rings. The molecule has 0 aliphatic rings. The van der Waals surface area contributed by atoms with E-state index in [4.69, 9.17) is 16.6 Å². The minimum atomic E-state index is 0.440.